The maximum Gasteiger partial charge on any atom is 0.194 e. The topological polar surface area (TPSA) is 29.5 Å². The Bertz CT molecular complexity index is 956. The van der Waals surface area contributed by atoms with E-state index in [-0.39, 0.29) is 5.56 Å². The van der Waals surface area contributed by atoms with E-state index in [1.807, 2.05) is 19.1 Å². The average Bonchev–Trinajstić information content (AvgIpc) is 2.68. The van der Waals surface area contributed by atoms with Gasteiger partial charge in [0.1, 0.15) is 17.7 Å². The summed E-state index contributed by atoms with van der Waals surface area (Å²) in [6.45, 7) is 1.97. The van der Waals surface area contributed by atoms with Gasteiger partial charge >= 0.3 is 0 Å². The summed E-state index contributed by atoms with van der Waals surface area (Å²) >= 11 is 0. The smallest absolute Gasteiger partial charge is 0.194 e. The van der Waals surface area contributed by atoms with Crippen LogP contribution in [0.2, 0.25) is 0 Å². The molecule has 2 nitrogen and oxygen atoms in total. The van der Waals surface area contributed by atoms with Gasteiger partial charge in [-0.3, -0.25) is 5.26 Å². The zero-order valence-corrected chi connectivity index (χ0v) is 14.6. The molecule has 0 fully saturated rings. The number of hydrogen-bond acceptors (Lipinski definition) is 2. The van der Waals surface area contributed by atoms with Crippen LogP contribution in [0.4, 0.5) is 22.0 Å². The Hall–Kier alpha value is -2.77. The molecule has 1 atom stereocenters. The largest absolute Gasteiger partial charge is 0.251 e. The quantitative estimate of drug-likeness (QED) is 0.242. The van der Waals surface area contributed by atoms with Crippen LogP contribution in [0.15, 0.2) is 48.5 Å². The first-order chi connectivity index (χ1) is 13.3. The maximum absolute atomic E-state index is 14.7. The summed E-state index contributed by atoms with van der Waals surface area (Å²) in [6.07, 6.45) is -1.08. The first-order valence-electron chi connectivity index (χ1n) is 8.38. The molecule has 0 saturated carbocycles. The van der Waals surface area contributed by atoms with E-state index < -0.39 is 46.3 Å². The lowest BCUT2D eigenvalue weighted by atomic mass is 9.96. The van der Waals surface area contributed by atoms with Crippen LogP contribution >= 0.6 is 0 Å². The van der Waals surface area contributed by atoms with Crippen molar-refractivity contribution in [2.45, 2.75) is 19.4 Å². The Morgan fingerprint density at radius 3 is 1.79 bits per heavy atom. The fourth-order valence-electron chi connectivity index (χ4n) is 2.94. The fourth-order valence-corrected chi connectivity index (χ4v) is 2.94. The van der Waals surface area contributed by atoms with Gasteiger partial charge in [-0.2, -0.15) is 0 Å². The third-order valence-corrected chi connectivity index (χ3v) is 4.45. The fraction of sp³-hybridized carbons (Fsp3) is 0.143. The molecule has 0 aliphatic carbocycles. The Labute approximate surface area is 157 Å². The van der Waals surface area contributed by atoms with Crippen LogP contribution in [0.5, 0.6) is 0 Å². The predicted octanol–water partition coefficient (Wildman–Crippen LogP) is 6.19. The molecular formula is C21H15F5O2. The molecule has 1 unspecified atom stereocenters. The molecule has 0 heterocycles. The van der Waals surface area contributed by atoms with Crippen molar-refractivity contribution < 1.29 is 32.1 Å². The van der Waals surface area contributed by atoms with E-state index in [2.05, 4.69) is 4.89 Å². The van der Waals surface area contributed by atoms with Crippen molar-refractivity contribution in [3.8, 4) is 11.1 Å². The second kappa shape index (κ2) is 8.08. The van der Waals surface area contributed by atoms with Crippen molar-refractivity contribution in [2.24, 2.45) is 0 Å². The third kappa shape index (κ3) is 3.76. The number of halogens is 5. The molecule has 0 radical (unpaired) electrons. The second-order valence-corrected chi connectivity index (χ2v) is 6.19. The monoisotopic (exact) mass is 394 g/mol. The van der Waals surface area contributed by atoms with Gasteiger partial charge in [-0.05, 0) is 52.9 Å². The van der Waals surface area contributed by atoms with Crippen LogP contribution in [0.1, 0.15) is 29.7 Å². The van der Waals surface area contributed by atoms with E-state index in [0.29, 0.717) is 17.7 Å². The summed E-state index contributed by atoms with van der Waals surface area (Å²) in [4.78, 5) is 4.07. The molecule has 146 valence electrons. The number of hydrogen-bond donors (Lipinski definition) is 1. The highest BCUT2D eigenvalue weighted by atomic mass is 19.2. The van der Waals surface area contributed by atoms with Gasteiger partial charge in [0, 0.05) is 0 Å². The van der Waals surface area contributed by atoms with Crippen molar-refractivity contribution in [1.29, 1.82) is 0 Å². The SMILES string of the molecule is CCc1ccc(-c2cc(F)c(C(OO)c3cc(F)c(F)c(F)c3)c(F)c2)cc1. The Balaban J connectivity index is 2.06. The van der Waals surface area contributed by atoms with Crippen LogP contribution in [0, 0.1) is 29.1 Å². The summed E-state index contributed by atoms with van der Waals surface area (Å²) < 4.78 is 69.4. The highest BCUT2D eigenvalue weighted by Crippen LogP contribution is 2.34. The first kappa shape index (κ1) is 20.0. The van der Waals surface area contributed by atoms with E-state index >= 15 is 0 Å². The van der Waals surface area contributed by atoms with Gasteiger partial charge < -0.3 is 0 Å². The van der Waals surface area contributed by atoms with E-state index in [9.17, 15) is 22.0 Å². The normalized spacial score (nSPS) is 12.2. The van der Waals surface area contributed by atoms with E-state index in [1.165, 1.54) is 0 Å². The molecule has 3 aromatic rings. The van der Waals surface area contributed by atoms with Crippen molar-refractivity contribution in [1.82, 2.24) is 0 Å². The number of rotatable bonds is 5. The van der Waals surface area contributed by atoms with Gasteiger partial charge in [-0.15, -0.1) is 0 Å². The molecule has 3 aromatic carbocycles. The highest BCUT2D eigenvalue weighted by molar-refractivity contribution is 5.64. The second-order valence-electron chi connectivity index (χ2n) is 6.19. The first-order valence-corrected chi connectivity index (χ1v) is 8.38. The molecular weight excluding hydrogens is 379 g/mol. The number of benzene rings is 3. The van der Waals surface area contributed by atoms with E-state index in [0.717, 1.165) is 24.1 Å². The van der Waals surface area contributed by atoms with Gasteiger partial charge in [0.25, 0.3) is 0 Å². The standard InChI is InChI=1S/C21H15F5O2/c1-2-11-3-5-12(6-4-11)13-7-15(22)19(16(23)8-13)21(28-27)14-9-17(24)20(26)18(25)10-14/h3-10,21,27H,2H2,1H3. The van der Waals surface area contributed by atoms with Crippen LogP contribution in [0.3, 0.4) is 0 Å². The molecule has 0 spiro atoms. The summed E-state index contributed by atoms with van der Waals surface area (Å²) in [5.74, 6) is -7.10. The van der Waals surface area contributed by atoms with Crippen LogP contribution in [-0.2, 0) is 11.3 Å². The van der Waals surface area contributed by atoms with E-state index in [4.69, 9.17) is 5.26 Å². The summed E-state index contributed by atoms with van der Waals surface area (Å²) in [6, 6.07) is 10.1. The van der Waals surface area contributed by atoms with Crippen LogP contribution in [0.25, 0.3) is 11.1 Å². The molecule has 0 aliphatic heterocycles. The lowest BCUT2D eigenvalue weighted by Crippen LogP contribution is -2.11. The van der Waals surface area contributed by atoms with Gasteiger partial charge in [0.05, 0.1) is 5.56 Å². The Morgan fingerprint density at radius 2 is 1.32 bits per heavy atom. The minimum Gasteiger partial charge on any atom is -0.251 e. The molecule has 0 amide bonds. The molecule has 0 bridgehead atoms. The molecule has 28 heavy (non-hydrogen) atoms. The van der Waals surface area contributed by atoms with Crippen LogP contribution < -0.4 is 0 Å². The molecule has 0 saturated heterocycles. The van der Waals surface area contributed by atoms with Gasteiger partial charge in [-0.25, -0.2) is 26.8 Å². The molecule has 0 aliphatic rings. The highest BCUT2D eigenvalue weighted by Gasteiger charge is 2.26. The zero-order chi connectivity index (χ0) is 20.4. The van der Waals surface area contributed by atoms with Gasteiger partial charge in [0.2, 0.25) is 0 Å². The average molecular weight is 394 g/mol. The predicted molar refractivity (Wildman–Crippen MR) is 93.0 cm³/mol. The minimum atomic E-state index is -1.89. The summed E-state index contributed by atoms with van der Waals surface area (Å²) in [5.41, 5.74) is 0.588. The Morgan fingerprint density at radius 1 is 0.786 bits per heavy atom. The van der Waals surface area contributed by atoms with Crippen molar-refractivity contribution in [3.05, 3.63) is 94.3 Å². The van der Waals surface area contributed by atoms with Crippen molar-refractivity contribution in [2.75, 3.05) is 0 Å². The maximum atomic E-state index is 14.7. The van der Waals surface area contributed by atoms with Crippen molar-refractivity contribution >= 4 is 0 Å². The molecule has 0 aromatic heterocycles. The van der Waals surface area contributed by atoms with E-state index in [1.54, 1.807) is 12.1 Å². The molecule has 1 N–H and O–H groups in total. The lowest BCUT2D eigenvalue weighted by Gasteiger charge is -2.17. The van der Waals surface area contributed by atoms with Gasteiger partial charge in [0.15, 0.2) is 17.5 Å². The Kier molecular flexibility index (Phi) is 5.76. The van der Waals surface area contributed by atoms with Gasteiger partial charge in [-0.1, -0.05) is 31.2 Å². The summed E-state index contributed by atoms with van der Waals surface area (Å²) in [5, 5.41) is 9.10. The molecule has 3 rings (SSSR count). The molecule has 7 heteroatoms. The lowest BCUT2D eigenvalue weighted by molar-refractivity contribution is -0.271. The zero-order valence-electron chi connectivity index (χ0n) is 14.6. The van der Waals surface area contributed by atoms with Crippen molar-refractivity contribution in [3.63, 3.8) is 0 Å². The van der Waals surface area contributed by atoms with Crippen LogP contribution in [-0.4, -0.2) is 5.26 Å². The minimum absolute atomic E-state index is 0.231. The number of aryl methyl sites for hydroxylation is 1. The third-order valence-electron chi connectivity index (χ3n) is 4.45. The summed E-state index contributed by atoms with van der Waals surface area (Å²) in [7, 11) is 0.